The summed E-state index contributed by atoms with van der Waals surface area (Å²) in [5.74, 6) is 0.704. The summed E-state index contributed by atoms with van der Waals surface area (Å²) in [6.45, 7) is 1.11. The molecule has 0 spiro atoms. The summed E-state index contributed by atoms with van der Waals surface area (Å²) in [5.41, 5.74) is 0.623. The van der Waals surface area contributed by atoms with Gasteiger partial charge in [0.2, 0.25) is 13.7 Å². The van der Waals surface area contributed by atoms with Crippen molar-refractivity contribution in [1.29, 1.82) is 0 Å². The van der Waals surface area contributed by atoms with E-state index in [1.807, 2.05) is 0 Å². The molecule has 11 nitrogen and oxygen atoms in total. The highest BCUT2D eigenvalue weighted by Gasteiger charge is 2.43. The lowest BCUT2D eigenvalue weighted by Crippen LogP contribution is -2.41. The van der Waals surface area contributed by atoms with Crippen LogP contribution in [0.25, 0.3) is 11.0 Å². The predicted octanol–water partition coefficient (Wildman–Crippen LogP) is 2.57. The molecule has 182 valence electrons. The lowest BCUT2D eigenvalue weighted by atomic mass is 10.2. The molecule has 1 saturated carbocycles. The topological polar surface area (TPSA) is 133 Å². The van der Waals surface area contributed by atoms with Gasteiger partial charge < -0.3 is 34.1 Å². The predicted molar refractivity (Wildman–Crippen MR) is 121 cm³/mol. The first-order chi connectivity index (χ1) is 16.0. The molecule has 2 atom stereocenters. The van der Waals surface area contributed by atoms with Crippen molar-refractivity contribution in [3.63, 3.8) is 0 Å². The first-order valence-electron chi connectivity index (χ1n) is 11.3. The number of fused-ring (bicyclic) bond motifs is 1. The van der Waals surface area contributed by atoms with E-state index in [0.717, 1.165) is 24.6 Å². The molecule has 3 fully saturated rings. The largest absolute Gasteiger partial charge is 0.375 e. The molecule has 2 saturated heterocycles. The Kier molecular flexibility index (Phi) is 7.29. The summed E-state index contributed by atoms with van der Waals surface area (Å²) in [5, 5.41) is 7.73. The maximum atomic E-state index is 9.95. The first kappa shape index (κ1) is 23.6. The summed E-state index contributed by atoms with van der Waals surface area (Å²) in [7, 11) is -2.41. The van der Waals surface area contributed by atoms with Gasteiger partial charge in [-0.15, -0.1) is 0 Å². The van der Waals surface area contributed by atoms with Crippen molar-refractivity contribution in [2.24, 2.45) is 0 Å². The highest BCUT2D eigenvalue weighted by molar-refractivity contribution is 7.46. The molecule has 0 radical (unpaired) electrons. The zero-order valence-corrected chi connectivity index (χ0v) is 19.9. The van der Waals surface area contributed by atoms with Crippen LogP contribution in [0.1, 0.15) is 44.8 Å². The Morgan fingerprint density at radius 2 is 1.91 bits per heavy atom. The Hall–Kier alpha value is -1.17. The van der Waals surface area contributed by atoms with Crippen LogP contribution in [0.2, 0.25) is 5.28 Å². The average Bonchev–Trinajstić information content (AvgIpc) is 3.51. The van der Waals surface area contributed by atoms with E-state index >= 15 is 0 Å². The SMILES string of the molecule is OP(O)C1(OCC2CCC(n3ncc4c(NC5CCCC5)nc(Cl)nc43)O2)COCCOC1. The fraction of sp³-hybridized carbons (Fsp3) is 0.750. The zero-order valence-electron chi connectivity index (χ0n) is 18.2. The lowest BCUT2D eigenvalue weighted by Gasteiger charge is -2.32. The molecule has 2 aliphatic heterocycles. The molecule has 13 heteroatoms. The molecule has 1 aliphatic carbocycles. The fourth-order valence-corrected chi connectivity index (χ4v) is 5.37. The van der Waals surface area contributed by atoms with Crippen molar-refractivity contribution in [1.82, 2.24) is 19.7 Å². The number of halogens is 1. The third-order valence-corrected chi connectivity index (χ3v) is 7.70. The Labute approximate surface area is 197 Å². The highest BCUT2D eigenvalue weighted by atomic mass is 35.5. The van der Waals surface area contributed by atoms with E-state index in [4.69, 9.17) is 30.5 Å². The van der Waals surface area contributed by atoms with E-state index in [0.29, 0.717) is 37.1 Å². The molecular weight excluding hydrogens is 473 g/mol. The van der Waals surface area contributed by atoms with E-state index in [1.165, 1.54) is 12.8 Å². The van der Waals surface area contributed by atoms with Crippen molar-refractivity contribution >= 4 is 36.8 Å². The van der Waals surface area contributed by atoms with Gasteiger partial charge in [0, 0.05) is 6.04 Å². The van der Waals surface area contributed by atoms with Gasteiger partial charge in [0.05, 0.1) is 50.7 Å². The molecule has 0 bridgehead atoms. The Bertz CT molecular complexity index is 950. The standard InChI is InChI=1S/C20H29ClN5O6P/c21-19-24-17(23-13-3-1-2-4-13)15-9-22-26(18(15)25-19)16-6-5-14(32-16)10-31-20(33(27)28)11-29-7-8-30-12-20/h9,13-14,16,27-28H,1-8,10-12H2,(H,23,24,25). The monoisotopic (exact) mass is 501 g/mol. The van der Waals surface area contributed by atoms with Crippen LogP contribution in [0.5, 0.6) is 0 Å². The molecule has 2 aromatic rings. The molecule has 2 aromatic heterocycles. The van der Waals surface area contributed by atoms with Gasteiger partial charge in [-0.1, -0.05) is 12.8 Å². The van der Waals surface area contributed by atoms with Crippen molar-refractivity contribution in [3.05, 3.63) is 11.5 Å². The highest BCUT2D eigenvalue weighted by Crippen LogP contribution is 2.45. The maximum absolute atomic E-state index is 9.95. The summed E-state index contributed by atoms with van der Waals surface area (Å²) in [6.07, 6.45) is 7.28. The molecule has 5 rings (SSSR count). The second-order valence-electron chi connectivity index (χ2n) is 8.74. The van der Waals surface area contributed by atoms with Crippen LogP contribution in [0.3, 0.4) is 0 Å². The number of aromatic nitrogens is 4. The van der Waals surface area contributed by atoms with E-state index in [1.54, 1.807) is 10.9 Å². The van der Waals surface area contributed by atoms with Crippen molar-refractivity contribution < 1.29 is 28.7 Å². The number of rotatable bonds is 7. The number of nitrogens with one attached hydrogen (secondary N) is 1. The number of ether oxygens (including phenoxy) is 4. The molecule has 33 heavy (non-hydrogen) atoms. The molecule has 0 aromatic carbocycles. The second kappa shape index (κ2) is 10.2. The summed E-state index contributed by atoms with van der Waals surface area (Å²) >= 11 is 6.23. The molecule has 3 N–H and O–H groups in total. The molecule has 3 aliphatic rings. The smallest absolute Gasteiger partial charge is 0.226 e. The van der Waals surface area contributed by atoms with E-state index in [9.17, 15) is 9.79 Å². The average molecular weight is 502 g/mol. The minimum Gasteiger partial charge on any atom is -0.375 e. The van der Waals surface area contributed by atoms with Crippen LogP contribution in [0, 0.1) is 0 Å². The summed E-state index contributed by atoms with van der Waals surface area (Å²) in [6, 6.07) is 0.388. The van der Waals surface area contributed by atoms with Gasteiger partial charge in [-0.25, -0.2) is 4.68 Å². The van der Waals surface area contributed by atoms with Crippen LogP contribution >= 0.6 is 20.0 Å². The zero-order chi connectivity index (χ0) is 22.8. The van der Waals surface area contributed by atoms with Crippen molar-refractivity contribution in [2.75, 3.05) is 38.4 Å². The van der Waals surface area contributed by atoms with Crippen LogP contribution in [0.15, 0.2) is 6.20 Å². The van der Waals surface area contributed by atoms with Gasteiger partial charge in [-0.3, -0.25) is 0 Å². The fourth-order valence-electron chi connectivity index (χ4n) is 4.60. The van der Waals surface area contributed by atoms with Gasteiger partial charge in [0.25, 0.3) is 0 Å². The van der Waals surface area contributed by atoms with E-state index in [2.05, 4.69) is 20.4 Å². The normalized spacial score (nSPS) is 26.3. The molecule has 2 unspecified atom stereocenters. The van der Waals surface area contributed by atoms with Crippen molar-refractivity contribution in [2.45, 2.75) is 62.2 Å². The van der Waals surface area contributed by atoms with Gasteiger partial charge in [-0.2, -0.15) is 15.1 Å². The first-order valence-corrected chi connectivity index (χ1v) is 13.0. The number of anilines is 1. The van der Waals surface area contributed by atoms with Gasteiger partial charge >= 0.3 is 0 Å². The minimum atomic E-state index is -2.41. The third kappa shape index (κ3) is 5.11. The maximum Gasteiger partial charge on any atom is 0.226 e. The van der Waals surface area contributed by atoms with Gasteiger partial charge in [0.1, 0.15) is 5.82 Å². The molecule has 0 amide bonds. The summed E-state index contributed by atoms with van der Waals surface area (Å²) in [4.78, 5) is 28.7. The molecule has 4 heterocycles. The van der Waals surface area contributed by atoms with Crippen LogP contribution in [-0.2, 0) is 18.9 Å². The Morgan fingerprint density at radius 1 is 1.15 bits per heavy atom. The molecular formula is C20H29ClN5O6P. The van der Waals surface area contributed by atoms with E-state index < -0.39 is 13.7 Å². The van der Waals surface area contributed by atoms with Crippen molar-refractivity contribution in [3.8, 4) is 0 Å². The number of hydrogen-bond acceptors (Lipinski definition) is 10. The number of nitrogens with zero attached hydrogens (tertiary/aromatic N) is 4. The van der Waals surface area contributed by atoms with Crippen LogP contribution in [0.4, 0.5) is 5.82 Å². The van der Waals surface area contributed by atoms with Crippen LogP contribution in [-0.4, -0.2) is 80.1 Å². The van der Waals surface area contributed by atoms with Gasteiger partial charge in [0.15, 0.2) is 17.2 Å². The van der Waals surface area contributed by atoms with E-state index in [-0.39, 0.29) is 37.4 Å². The number of hydrogen-bond donors (Lipinski definition) is 3. The third-order valence-electron chi connectivity index (χ3n) is 6.41. The van der Waals surface area contributed by atoms with Crippen LogP contribution < -0.4 is 5.32 Å². The quantitative estimate of drug-likeness (QED) is 0.384. The minimum absolute atomic E-state index is 0.0673. The Morgan fingerprint density at radius 3 is 2.64 bits per heavy atom. The van der Waals surface area contributed by atoms with Gasteiger partial charge in [-0.05, 0) is 37.3 Å². The Balaban J connectivity index is 1.27. The second-order valence-corrected chi connectivity index (χ2v) is 10.5. The lowest BCUT2D eigenvalue weighted by molar-refractivity contribution is -0.105. The summed E-state index contributed by atoms with van der Waals surface area (Å²) < 4.78 is 24.7.